The van der Waals surface area contributed by atoms with Crippen LogP contribution < -0.4 is 10.5 Å². The first-order chi connectivity index (χ1) is 9.45. The largest absolute Gasteiger partial charge is 0.398 e. The van der Waals surface area contributed by atoms with Crippen LogP contribution in [0.25, 0.3) is 0 Å². The molecule has 7 heteroatoms. The van der Waals surface area contributed by atoms with E-state index in [1.807, 2.05) is 0 Å². The van der Waals surface area contributed by atoms with Gasteiger partial charge in [-0.05, 0) is 30.9 Å². The number of nitrogens with one attached hydrogen (secondary N) is 1. The van der Waals surface area contributed by atoms with Gasteiger partial charge in [0.1, 0.15) is 10.7 Å². The van der Waals surface area contributed by atoms with E-state index in [9.17, 15) is 17.9 Å². The minimum absolute atomic E-state index is 0.0834. The van der Waals surface area contributed by atoms with E-state index in [-0.39, 0.29) is 24.3 Å². The normalized spacial score (nSPS) is 23.7. The Morgan fingerprint density at radius 1 is 1.35 bits per heavy atom. The van der Waals surface area contributed by atoms with Crippen LogP contribution in [0.15, 0.2) is 23.1 Å². The van der Waals surface area contributed by atoms with Gasteiger partial charge in [0.05, 0.1) is 5.69 Å². The summed E-state index contributed by atoms with van der Waals surface area (Å²) in [5, 5.41) is 9.30. The van der Waals surface area contributed by atoms with Gasteiger partial charge >= 0.3 is 0 Å². The predicted octanol–water partition coefficient (Wildman–Crippen LogP) is 1.24. The van der Waals surface area contributed by atoms with Gasteiger partial charge in [-0.3, -0.25) is 0 Å². The number of aliphatic hydroxyl groups excluding tert-OH is 1. The fourth-order valence-electron chi connectivity index (χ4n) is 2.65. The molecule has 4 N–H and O–H groups in total. The molecule has 0 saturated heterocycles. The molecule has 1 aromatic rings. The lowest BCUT2D eigenvalue weighted by Crippen LogP contribution is -2.43. The molecule has 0 aliphatic heterocycles. The molecule has 20 heavy (non-hydrogen) atoms. The molecule has 2 atom stereocenters. The zero-order chi connectivity index (χ0) is 14.8. The average molecular weight is 302 g/mol. The van der Waals surface area contributed by atoms with Crippen LogP contribution >= 0.6 is 0 Å². The standard InChI is InChI=1S/C13H19FN2O3S/c14-10-5-3-6-11(15)13(10)20(18,19)16-12-7-2-1-4-9(12)8-17/h3,5-6,9,12,16-17H,1-2,4,7-8,15H2. The van der Waals surface area contributed by atoms with E-state index in [4.69, 9.17) is 5.73 Å². The van der Waals surface area contributed by atoms with Crippen molar-refractivity contribution in [2.75, 3.05) is 12.3 Å². The highest BCUT2D eigenvalue weighted by Crippen LogP contribution is 2.27. The number of anilines is 1. The Kier molecular flexibility index (Phi) is 4.62. The van der Waals surface area contributed by atoms with E-state index in [0.29, 0.717) is 6.42 Å². The first-order valence-corrected chi connectivity index (χ1v) is 8.11. The Morgan fingerprint density at radius 3 is 2.70 bits per heavy atom. The summed E-state index contributed by atoms with van der Waals surface area (Å²) in [6, 6.07) is 3.40. The van der Waals surface area contributed by atoms with E-state index in [1.54, 1.807) is 0 Å². The highest BCUT2D eigenvalue weighted by Gasteiger charge is 2.31. The Hall–Kier alpha value is -1.18. The molecular formula is C13H19FN2O3S. The summed E-state index contributed by atoms with van der Waals surface area (Å²) < 4.78 is 40.8. The van der Waals surface area contributed by atoms with Gasteiger partial charge in [0, 0.05) is 12.6 Å². The number of nitrogens with two attached hydrogens (primary N) is 1. The third-order valence-electron chi connectivity index (χ3n) is 3.72. The van der Waals surface area contributed by atoms with Crippen molar-refractivity contribution in [3.05, 3.63) is 24.0 Å². The lowest BCUT2D eigenvalue weighted by Gasteiger charge is -2.30. The fourth-order valence-corrected chi connectivity index (χ4v) is 4.18. The maximum Gasteiger partial charge on any atom is 0.245 e. The second kappa shape index (κ2) is 6.07. The third kappa shape index (κ3) is 3.11. The maximum absolute atomic E-state index is 13.7. The first-order valence-electron chi connectivity index (χ1n) is 6.63. The van der Waals surface area contributed by atoms with E-state index >= 15 is 0 Å². The number of sulfonamides is 1. The van der Waals surface area contributed by atoms with Gasteiger partial charge in [0.15, 0.2) is 0 Å². The highest BCUT2D eigenvalue weighted by atomic mass is 32.2. The van der Waals surface area contributed by atoms with Gasteiger partial charge in [0.25, 0.3) is 0 Å². The quantitative estimate of drug-likeness (QED) is 0.730. The van der Waals surface area contributed by atoms with Gasteiger partial charge in [-0.2, -0.15) is 0 Å². The topological polar surface area (TPSA) is 92.4 Å². The number of benzene rings is 1. The summed E-state index contributed by atoms with van der Waals surface area (Å²) in [5.41, 5.74) is 5.45. The van der Waals surface area contributed by atoms with Crippen LogP contribution in [-0.4, -0.2) is 26.2 Å². The monoisotopic (exact) mass is 302 g/mol. The van der Waals surface area contributed by atoms with Crippen molar-refractivity contribution in [3.8, 4) is 0 Å². The van der Waals surface area contributed by atoms with E-state index in [2.05, 4.69) is 4.72 Å². The van der Waals surface area contributed by atoms with Crippen molar-refractivity contribution < 1.29 is 17.9 Å². The average Bonchev–Trinajstić information content (AvgIpc) is 2.38. The zero-order valence-corrected chi connectivity index (χ0v) is 11.9. The van der Waals surface area contributed by atoms with Gasteiger partial charge in [0.2, 0.25) is 10.0 Å². The molecule has 2 unspecified atom stereocenters. The summed E-state index contributed by atoms with van der Waals surface area (Å²) in [5.74, 6) is -1.000. The van der Waals surface area contributed by atoms with Crippen molar-refractivity contribution >= 4 is 15.7 Å². The van der Waals surface area contributed by atoms with E-state index in [0.717, 1.165) is 25.3 Å². The Balaban J connectivity index is 2.27. The number of hydrogen-bond acceptors (Lipinski definition) is 4. The Morgan fingerprint density at radius 2 is 2.05 bits per heavy atom. The number of hydrogen-bond donors (Lipinski definition) is 3. The second-order valence-electron chi connectivity index (χ2n) is 5.11. The fraction of sp³-hybridized carbons (Fsp3) is 0.538. The van der Waals surface area contributed by atoms with Gasteiger partial charge in [-0.15, -0.1) is 0 Å². The van der Waals surface area contributed by atoms with Crippen molar-refractivity contribution in [1.29, 1.82) is 0 Å². The van der Waals surface area contributed by atoms with E-state index in [1.165, 1.54) is 12.1 Å². The van der Waals surface area contributed by atoms with Crippen molar-refractivity contribution in [1.82, 2.24) is 4.72 Å². The van der Waals surface area contributed by atoms with Crippen LogP contribution in [0.1, 0.15) is 25.7 Å². The molecule has 2 rings (SSSR count). The molecule has 0 heterocycles. The molecule has 1 fully saturated rings. The number of aliphatic hydroxyl groups is 1. The molecule has 5 nitrogen and oxygen atoms in total. The molecule has 0 aromatic heterocycles. The van der Waals surface area contributed by atoms with E-state index < -0.39 is 20.7 Å². The lowest BCUT2D eigenvalue weighted by molar-refractivity contribution is 0.164. The molecule has 0 spiro atoms. The number of rotatable bonds is 4. The van der Waals surface area contributed by atoms with Crippen molar-refractivity contribution in [2.45, 2.75) is 36.6 Å². The van der Waals surface area contributed by atoms with Crippen LogP contribution in [0, 0.1) is 11.7 Å². The summed E-state index contributed by atoms with van der Waals surface area (Å²) in [6.45, 7) is -0.0834. The first kappa shape index (κ1) is 15.2. The molecule has 0 amide bonds. The van der Waals surface area contributed by atoms with Crippen LogP contribution in [0.4, 0.5) is 10.1 Å². The van der Waals surface area contributed by atoms with Crippen LogP contribution in [0.2, 0.25) is 0 Å². The molecule has 1 aliphatic rings. The molecule has 112 valence electrons. The zero-order valence-electron chi connectivity index (χ0n) is 11.0. The summed E-state index contributed by atoms with van der Waals surface area (Å²) in [6.07, 6.45) is 3.25. The second-order valence-corrected chi connectivity index (χ2v) is 6.76. The minimum atomic E-state index is -4.03. The molecule has 0 bridgehead atoms. The summed E-state index contributed by atoms with van der Waals surface area (Å²) in [4.78, 5) is -0.512. The smallest absolute Gasteiger partial charge is 0.245 e. The molecule has 0 radical (unpaired) electrons. The van der Waals surface area contributed by atoms with Crippen LogP contribution in [-0.2, 0) is 10.0 Å². The Labute approximate surface area is 118 Å². The lowest BCUT2D eigenvalue weighted by atomic mass is 9.86. The SMILES string of the molecule is Nc1cccc(F)c1S(=O)(=O)NC1CCCCC1CO. The van der Waals surface area contributed by atoms with Gasteiger partial charge in [-0.25, -0.2) is 17.5 Å². The van der Waals surface area contributed by atoms with Crippen LogP contribution in [0.5, 0.6) is 0 Å². The molecule has 1 aliphatic carbocycles. The van der Waals surface area contributed by atoms with Gasteiger partial charge < -0.3 is 10.8 Å². The highest BCUT2D eigenvalue weighted by molar-refractivity contribution is 7.89. The minimum Gasteiger partial charge on any atom is -0.398 e. The van der Waals surface area contributed by atoms with Crippen molar-refractivity contribution in [3.63, 3.8) is 0 Å². The molecule has 1 saturated carbocycles. The Bertz CT molecular complexity index is 557. The van der Waals surface area contributed by atoms with Gasteiger partial charge in [-0.1, -0.05) is 18.9 Å². The molecule has 1 aromatic carbocycles. The number of halogens is 1. The predicted molar refractivity (Wildman–Crippen MR) is 74.0 cm³/mol. The third-order valence-corrected chi connectivity index (χ3v) is 5.30. The number of nitrogen functional groups attached to an aromatic ring is 1. The maximum atomic E-state index is 13.7. The summed E-state index contributed by atoms with van der Waals surface area (Å²) in [7, 11) is -4.03. The van der Waals surface area contributed by atoms with Crippen LogP contribution in [0.3, 0.4) is 0 Å². The van der Waals surface area contributed by atoms with Crippen molar-refractivity contribution in [2.24, 2.45) is 5.92 Å². The summed E-state index contributed by atoms with van der Waals surface area (Å²) >= 11 is 0. The molecular weight excluding hydrogens is 283 g/mol.